The van der Waals surface area contributed by atoms with Gasteiger partial charge in [0.2, 0.25) is 20.0 Å². The summed E-state index contributed by atoms with van der Waals surface area (Å²) in [4.78, 5) is 2.30. The summed E-state index contributed by atoms with van der Waals surface area (Å²) in [5.41, 5.74) is 0. The second kappa shape index (κ2) is 9.06. The summed E-state index contributed by atoms with van der Waals surface area (Å²) >= 11 is 0. The second-order valence-corrected chi connectivity index (χ2v) is 9.58. The molecule has 0 amide bonds. The van der Waals surface area contributed by atoms with E-state index in [9.17, 15) is 16.8 Å². The number of hydrogen-bond acceptors (Lipinski definition) is 6. The minimum Gasteiger partial charge on any atom is -0.379 e. The maximum absolute atomic E-state index is 12.2. The fraction of sp³-hybridized carbons (Fsp3) is 0.600. The van der Waals surface area contributed by atoms with E-state index in [0.717, 1.165) is 19.3 Å². The minimum absolute atomic E-state index is 0.0212. The minimum atomic E-state index is -3.64. The fourth-order valence-corrected chi connectivity index (χ4v) is 4.39. The van der Waals surface area contributed by atoms with Crippen molar-refractivity contribution in [3.05, 3.63) is 30.3 Å². The van der Waals surface area contributed by atoms with Gasteiger partial charge in [0.25, 0.3) is 0 Å². The summed E-state index contributed by atoms with van der Waals surface area (Å²) in [5.74, 6) is 0. The maximum atomic E-state index is 12.2. The van der Waals surface area contributed by atoms with E-state index in [-0.39, 0.29) is 18.0 Å². The van der Waals surface area contributed by atoms with Crippen molar-refractivity contribution in [2.75, 3.05) is 58.7 Å². The van der Waals surface area contributed by atoms with Crippen molar-refractivity contribution in [2.24, 2.45) is 0 Å². The number of benzene rings is 1. The number of nitrogens with one attached hydrogen (secondary N) is 1. The van der Waals surface area contributed by atoms with Gasteiger partial charge in [0.1, 0.15) is 0 Å². The lowest BCUT2D eigenvalue weighted by Crippen LogP contribution is -2.44. The van der Waals surface area contributed by atoms with Gasteiger partial charge in [-0.15, -0.1) is 0 Å². The molecule has 1 aliphatic heterocycles. The molecule has 0 bridgehead atoms. The van der Waals surface area contributed by atoms with Crippen LogP contribution in [0, 0.1) is 0 Å². The van der Waals surface area contributed by atoms with Crippen LogP contribution in [-0.4, -0.2) is 84.8 Å². The zero-order chi connectivity index (χ0) is 18.3. The highest BCUT2D eigenvalue weighted by molar-refractivity contribution is 7.89. The van der Waals surface area contributed by atoms with E-state index in [2.05, 4.69) is 9.62 Å². The summed E-state index contributed by atoms with van der Waals surface area (Å²) in [7, 11) is -7.04. The first-order valence-electron chi connectivity index (χ1n) is 8.09. The number of ether oxygens (including phenoxy) is 1. The summed E-state index contributed by atoms with van der Waals surface area (Å²) in [6.45, 7) is 3.89. The van der Waals surface area contributed by atoms with Crippen molar-refractivity contribution >= 4 is 20.0 Å². The molecule has 1 aliphatic rings. The smallest absolute Gasteiger partial charge is 0.240 e. The zero-order valence-corrected chi connectivity index (χ0v) is 15.9. The highest BCUT2D eigenvalue weighted by atomic mass is 32.2. The summed E-state index contributed by atoms with van der Waals surface area (Å²) in [6, 6.07) is 8.00. The first-order valence-corrected chi connectivity index (χ1v) is 11.4. The van der Waals surface area contributed by atoms with E-state index < -0.39 is 20.0 Å². The van der Waals surface area contributed by atoms with Crippen LogP contribution in [0.3, 0.4) is 0 Å². The summed E-state index contributed by atoms with van der Waals surface area (Å²) in [5, 5.41) is 0. The molecule has 1 N–H and O–H groups in total. The lowest BCUT2D eigenvalue weighted by atomic mass is 10.4. The van der Waals surface area contributed by atoms with Gasteiger partial charge in [-0.1, -0.05) is 18.2 Å². The van der Waals surface area contributed by atoms with Crippen LogP contribution in [0.25, 0.3) is 0 Å². The van der Waals surface area contributed by atoms with Gasteiger partial charge in [0, 0.05) is 39.3 Å². The Labute approximate surface area is 149 Å². The Morgan fingerprint density at radius 2 is 1.72 bits per heavy atom. The van der Waals surface area contributed by atoms with E-state index in [1.165, 1.54) is 16.4 Å². The third kappa shape index (κ3) is 6.65. The van der Waals surface area contributed by atoms with Crippen molar-refractivity contribution in [1.29, 1.82) is 0 Å². The molecule has 0 atom stereocenters. The van der Waals surface area contributed by atoms with Crippen LogP contribution in [0.4, 0.5) is 0 Å². The van der Waals surface area contributed by atoms with Crippen molar-refractivity contribution < 1.29 is 21.6 Å². The maximum Gasteiger partial charge on any atom is 0.240 e. The summed E-state index contributed by atoms with van der Waals surface area (Å²) < 4.78 is 57.2. The summed E-state index contributed by atoms with van der Waals surface area (Å²) in [6.07, 6.45) is 1.14. The Balaban J connectivity index is 1.87. The Morgan fingerprint density at radius 3 is 2.32 bits per heavy atom. The SMILES string of the molecule is CS(=O)(=O)N(CCNS(=O)(=O)c1ccccc1)CCN1CCOCC1. The van der Waals surface area contributed by atoms with Gasteiger partial charge in [-0.2, -0.15) is 4.31 Å². The molecular weight excluding hydrogens is 366 g/mol. The normalized spacial score (nSPS) is 17.0. The van der Waals surface area contributed by atoms with Gasteiger partial charge in [0.15, 0.2) is 0 Å². The van der Waals surface area contributed by atoms with E-state index in [1.54, 1.807) is 18.2 Å². The van der Waals surface area contributed by atoms with Crippen molar-refractivity contribution in [2.45, 2.75) is 4.90 Å². The number of morpholine rings is 1. The Kier molecular flexibility index (Phi) is 7.35. The number of hydrogen-bond donors (Lipinski definition) is 1. The van der Waals surface area contributed by atoms with Crippen LogP contribution >= 0.6 is 0 Å². The predicted octanol–water partition coefficient (Wildman–Crippen LogP) is -0.441. The molecule has 10 heteroatoms. The lowest BCUT2D eigenvalue weighted by Gasteiger charge is -2.29. The number of nitrogens with zero attached hydrogens (tertiary/aromatic N) is 2. The van der Waals surface area contributed by atoms with E-state index in [1.807, 2.05) is 0 Å². The zero-order valence-electron chi connectivity index (χ0n) is 14.3. The number of rotatable bonds is 9. The average molecular weight is 392 g/mol. The molecule has 1 heterocycles. The molecule has 0 radical (unpaired) electrons. The third-order valence-electron chi connectivity index (χ3n) is 3.95. The molecule has 0 aliphatic carbocycles. The third-order valence-corrected chi connectivity index (χ3v) is 6.73. The van der Waals surface area contributed by atoms with Gasteiger partial charge < -0.3 is 4.74 Å². The van der Waals surface area contributed by atoms with Gasteiger partial charge in [0.05, 0.1) is 24.4 Å². The Hall–Kier alpha value is -1.04. The number of sulfonamides is 2. The van der Waals surface area contributed by atoms with Crippen LogP contribution in [0.1, 0.15) is 0 Å². The molecule has 142 valence electrons. The van der Waals surface area contributed by atoms with Crippen LogP contribution in [-0.2, 0) is 24.8 Å². The van der Waals surface area contributed by atoms with Crippen LogP contribution < -0.4 is 4.72 Å². The molecular formula is C15H25N3O5S2. The van der Waals surface area contributed by atoms with Gasteiger partial charge in [-0.25, -0.2) is 21.6 Å². The second-order valence-electron chi connectivity index (χ2n) is 5.83. The average Bonchev–Trinajstić information content (AvgIpc) is 2.58. The van der Waals surface area contributed by atoms with Crippen molar-refractivity contribution in [1.82, 2.24) is 13.9 Å². The molecule has 8 nitrogen and oxygen atoms in total. The van der Waals surface area contributed by atoms with Gasteiger partial charge in [-0.05, 0) is 12.1 Å². The van der Waals surface area contributed by atoms with Crippen molar-refractivity contribution in [3.8, 4) is 0 Å². The standard InChI is InChI=1S/C15H25N3O5S2/c1-24(19,20)18(10-9-17-11-13-23-14-12-17)8-7-16-25(21,22)15-5-3-2-4-6-15/h2-6,16H,7-14H2,1H3. The first kappa shape index (κ1) is 20.3. The van der Waals surface area contributed by atoms with E-state index >= 15 is 0 Å². The molecule has 2 rings (SSSR count). The molecule has 1 aromatic rings. The van der Waals surface area contributed by atoms with Crippen LogP contribution in [0.15, 0.2) is 35.2 Å². The van der Waals surface area contributed by atoms with E-state index in [4.69, 9.17) is 4.74 Å². The predicted molar refractivity (Wildman–Crippen MR) is 95.3 cm³/mol. The molecule has 0 aromatic heterocycles. The van der Waals surface area contributed by atoms with Gasteiger partial charge >= 0.3 is 0 Å². The fourth-order valence-electron chi connectivity index (χ4n) is 2.51. The highest BCUT2D eigenvalue weighted by Gasteiger charge is 2.20. The van der Waals surface area contributed by atoms with Crippen LogP contribution in [0.5, 0.6) is 0 Å². The lowest BCUT2D eigenvalue weighted by molar-refractivity contribution is 0.0363. The quantitative estimate of drug-likeness (QED) is 0.613. The topological polar surface area (TPSA) is 96.0 Å². The molecule has 25 heavy (non-hydrogen) atoms. The molecule has 0 spiro atoms. The van der Waals surface area contributed by atoms with Gasteiger partial charge in [-0.3, -0.25) is 4.90 Å². The molecule has 1 aromatic carbocycles. The van der Waals surface area contributed by atoms with Crippen LogP contribution in [0.2, 0.25) is 0 Å². The highest BCUT2D eigenvalue weighted by Crippen LogP contribution is 2.07. The molecule has 0 unspecified atom stereocenters. The first-order chi connectivity index (χ1) is 11.8. The molecule has 1 fully saturated rings. The molecule has 0 saturated carbocycles. The monoisotopic (exact) mass is 391 g/mol. The Morgan fingerprint density at radius 1 is 1.08 bits per heavy atom. The largest absolute Gasteiger partial charge is 0.379 e. The van der Waals surface area contributed by atoms with E-state index in [0.29, 0.717) is 26.3 Å². The van der Waals surface area contributed by atoms with Crippen molar-refractivity contribution in [3.63, 3.8) is 0 Å². The molecule has 1 saturated heterocycles. The Bertz CT molecular complexity index is 732.